The van der Waals surface area contributed by atoms with Crippen LogP contribution in [0.5, 0.6) is 0 Å². The molecule has 9 nitrogen and oxygen atoms in total. The molecule has 31 heavy (non-hydrogen) atoms. The monoisotopic (exact) mass is 473 g/mol. The molecule has 0 fully saturated rings. The normalized spacial score (nSPS) is 18.8. The van der Waals surface area contributed by atoms with E-state index in [1.165, 1.54) is 14.2 Å². The third-order valence-corrected chi connectivity index (χ3v) is 6.16. The van der Waals surface area contributed by atoms with Crippen LogP contribution in [0.3, 0.4) is 0 Å². The van der Waals surface area contributed by atoms with Gasteiger partial charge in [0.25, 0.3) is 0 Å². The quantitative estimate of drug-likeness (QED) is 0.489. The van der Waals surface area contributed by atoms with Crippen molar-refractivity contribution in [1.82, 2.24) is 10.1 Å². The van der Waals surface area contributed by atoms with Gasteiger partial charge < -0.3 is 9.79 Å². The molecule has 0 bridgehead atoms. The van der Waals surface area contributed by atoms with Crippen LogP contribution >= 0.6 is 19.6 Å². The Kier molecular flexibility index (Phi) is 6.79. The molecule has 0 radical (unpaired) electrons. The fourth-order valence-electron chi connectivity index (χ4n) is 2.80. The van der Waals surface area contributed by atoms with Gasteiger partial charge in [-0.2, -0.15) is 10.1 Å². The minimum Gasteiger partial charge on any atom is -0.303 e. The highest BCUT2D eigenvalue weighted by atomic mass is 32.2. The van der Waals surface area contributed by atoms with Crippen molar-refractivity contribution in [2.24, 2.45) is 5.10 Å². The molecule has 0 aliphatic carbocycles. The predicted octanol–water partition coefficient (Wildman–Crippen LogP) is 3.25. The smallest absolute Gasteiger partial charge is 0.303 e. The van der Waals surface area contributed by atoms with Crippen LogP contribution in [0.25, 0.3) is 0 Å². The summed E-state index contributed by atoms with van der Waals surface area (Å²) in [7, 11) is -2.43. The van der Waals surface area contributed by atoms with Gasteiger partial charge >= 0.3 is 13.9 Å². The van der Waals surface area contributed by atoms with E-state index in [0.29, 0.717) is 5.56 Å². The van der Waals surface area contributed by atoms with Crippen LogP contribution < -0.4 is 0 Å². The van der Waals surface area contributed by atoms with Gasteiger partial charge in [-0.15, -0.1) is 0 Å². The van der Waals surface area contributed by atoms with Crippen molar-refractivity contribution >= 4 is 30.7 Å². The Morgan fingerprint density at radius 1 is 1.26 bits per heavy atom. The van der Waals surface area contributed by atoms with Crippen LogP contribution in [0.15, 0.2) is 53.6 Å². The third kappa shape index (κ3) is 4.95. The summed E-state index contributed by atoms with van der Waals surface area (Å²) in [5.74, 6) is -1.52. The van der Waals surface area contributed by atoms with Gasteiger partial charge in [0.1, 0.15) is 16.7 Å². The standard InChI is InChI=1S/C18H18F2N3O6PS/c1-22(28-2)17(24)23-18(11-29-30(25,26)27,12-6-4-3-5-7-12)31-16(21-23)14-10-13(19)8-9-15(14)20/h3-10H,11H2,1-2H3,(H2,25,26,27). The number of amides is 2. The highest BCUT2D eigenvalue weighted by molar-refractivity contribution is 8.15. The second-order valence-electron chi connectivity index (χ2n) is 6.32. The predicted molar refractivity (Wildman–Crippen MR) is 109 cm³/mol. The van der Waals surface area contributed by atoms with Crippen LogP contribution in [-0.2, 0) is 18.8 Å². The van der Waals surface area contributed by atoms with Crippen molar-refractivity contribution in [3.05, 3.63) is 71.3 Å². The number of urea groups is 1. The average Bonchev–Trinajstić information content (AvgIpc) is 3.13. The Morgan fingerprint density at radius 2 is 1.94 bits per heavy atom. The van der Waals surface area contributed by atoms with E-state index in [-0.39, 0.29) is 10.6 Å². The van der Waals surface area contributed by atoms with Gasteiger partial charge in [0.15, 0.2) is 4.87 Å². The molecule has 1 atom stereocenters. The molecule has 1 heterocycles. The lowest BCUT2D eigenvalue weighted by molar-refractivity contribution is -0.0819. The zero-order chi connectivity index (χ0) is 22.8. The van der Waals surface area contributed by atoms with E-state index >= 15 is 0 Å². The Labute approximate surface area is 180 Å². The van der Waals surface area contributed by atoms with Crippen molar-refractivity contribution in [3.63, 3.8) is 0 Å². The van der Waals surface area contributed by atoms with Crippen molar-refractivity contribution < 1.29 is 37.3 Å². The van der Waals surface area contributed by atoms with E-state index < -0.39 is 37.0 Å². The first-order valence-corrected chi connectivity index (χ1v) is 11.0. The van der Waals surface area contributed by atoms with Crippen LogP contribution in [0, 0.1) is 11.6 Å². The molecule has 2 N–H and O–H groups in total. The number of carbonyl (C=O) groups is 1. The molecule has 2 amide bonds. The molecule has 2 aromatic carbocycles. The number of phosphoric ester groups is 1. The van der Waals surface area contributed by atoms with E-state index in [4.69, 9.17) is 9.36 Å². The van der Waals surface area contributed by atoms with Gasteiger partial charge in [-0.25, -0.2) is 23.2 Å². The maximum Gasteiger partial charge on any atom is 0.469 e. The summed E-state index contributed by atoms with van der Waals surface area (Å²) in [6.45, 7) is -0.709. The lowest BCUT2D eigenvalue weighted by Crippen LogP contribution is -2.49. The maximum absolute atomic E-state index is 14.4. The summed E-state index contributed by atoms with van der Waals surface area (Å²) < 4.78 is 44.5. The number of hydroxylamine groups is 2. The fraction of sp³-hybridized carbons (Fsp3) is 0.222. The number of carbonyl (C=O) groups excluding carboxylic acids is 1. The molecule has 3 rings (SSSR count). The Balaban J connectivity index is 2.18. The molecule has 13 heteroatoms. The van der Waals surface area contributed by atoms with E-state index in [1.54, 1.807) is 30.3 Å². The molecule has 166 valence electrons. The number of hydrogen-bond donors (Lipinski definition) is 2. The summed E-state index contributed by atoms with van der Waals surface area (Å²) in [6, 6.07) is 10.1. The largest absolute Gasteiger partial charge is 0.469 e. The lowest BCUT2D eigenvalue weighted by atomic mass is 10.1. The molecule has 0 saturated carbocycles. The summed E-state index contributed by atoms with van der Waals surface area (Å²) in [4.78, 5) is 34.8. The number of nitrogens with zero attached hydrogens (tertiary/aromatic N) is 3. The van der Waals surface area contributed by atoms with Crippen LogP contribution in [-0.4, -0.2) is 51.7 Å². The van der Waals surface area contributed by atoms with Crippen molar-refractivity contribution in [2.75, 3.05) is 20.8 Å². The Morgan fingerprint density at radius 3 is 2.55 bits per heavy atom. The highest BCUT2D eigenvalue weighted by Crippen LogP contribution is 2.51. The van der Waals surface area contributed by atoms with Crippen LogP contribution in [0.4, 0.5) is 13.6 Å². The maximum atomic E-state index is 14.4. The Hall–Kier alpha value is -2.34. The zero-order valence-electron chi connectivity index (χ0n) is 16.3. The van der Waals surface area contributed by atoms with Crippen molar-refractivity contribution in [3.8, 4) is 0 Å². The number of phosphoric acid groups is 1. The van der Waals surface area contributed by atoms with Crippen molar-refractivity contribution in [1.29, 1.82) is 0 Å². The fourth-order valence-corrected chi connectivity index (χ4v) is 4.53. The molecular formula is C18H18F2N3O6PS. The van der Waals surface area contributed by atoms with E-state index in [2.05, 4.69) is 5.10 Å². The molecule has 1 aliphatic rings. The molecule has 0 saturated heterocycles. The molecule has 1 unspecified atom stereocenters. The van der Waals surface area contributed by atoms with Gasteiger partial charge in [0, 0.05) is 12.6 Å². The number of rotatable bonds is 6. The van der Waals surface area contributed by atoms with E-state index in [0.717, 1.165) is 40.0 Å². The van der Waals surface area contributed by atoms with Crippen LogP contribution in [0.2, 0.25) is 0 Å². The second kappa shape index (κ2) is 9.03. The number of benzene rings is 2. The van der Waals surface area contributed by atoms with Gasteiger partial charge in [-0.3, -0.25) is 9.36 Å². The number of halogens is 2. The third-order valence-electron chi connectivity index (χ3n) is 4.33. The average molecular weight is 473 g/mol. The van der Waals surface area contributed by atoms with Gasteiger partial charge in [-0.05, 0) is 23.8 Å². The van der Waals surface area contributed by atoms with Gasteiger partial charge in [0.05, 0.1) is 13.7 Å². The lowest BCUT2D eigenvalue weighted by Gasteiger charge is -2.36. The molecule has 0 aromatic heterocycles. The second-order valence-corrected chi connectivity index (χ2v) is 8.83. The first-order chi connectivity index (χ1) is 14.6. The molecular weight excluding hydrogens is 455 g/mol. The summed E-state index contributed by atoms with van der Waals surface area (Å²) in [5, 5.41) is 5.76. The Bertz CT molecular complexity index is 1050. The first kappa shape index (κ1) is 23.3. The van der Waals surface area contributed by atoms with E-state index in [9.17, 15) is 27.9 Å². The van der Waals surface area contributed by atoms with Crippen LogP contribution in [0.1, 0.15) is 11.1 Å². The molecule has 1 aliphatic heterocycles. The topological polar surface area (TPSA) is 112 Å². The van der Waals surface area contributed by atoms with Gasteiger partial charge in [-0.1, -0.05) is 42.1 Å². The van der Waals surface area contributed by atoms with Crippen molar-refractivity contribution in [2.45, 2.75) is 4.87 Å². The minimum atomic E-state index is -4.96. The minimum absolute atomic E-state index is 0.0898. The number of hydrazone groups is 1. The summed E-state index contributed by atoms with van der Waals surface area (Å²) in [5.41, 5.74) is 0.152. The highest BCUT2D eigenvalue weighted by Gasteiger charge is 2.51. The summed E-state index contributed by atoms with van der Waals surface area (Å²) >= 11 is 0.790. The van der Waals surface area contributed by atoms with E-state index in [1.807, 2.05) is 0 Å². The molecule has 0 spiro atoms. The zero-order valence-corrected chi connectivity index (χ0v) is 18.0. The summed E-state index contributed by atoms with van der Waals surface area (Å²) in [6.07, 6.45) is 0. The molecule has 2 aromatic rings. The number of hydrogen-bond acceptors (Lipinski definition) is 6. The SMILES string of the molecule is CON(C)C(=O)N1N=C(c2cc(F)ccc2F)SC1(COP(=O)(O)O)c1ccccc1. The first-order valence-electron chi connectivity index (χ1n) is 8.68. The van der Waals surface area contributed by atoms with Gasteiger partial charge in [0.2, 0.25) is 0 Å². The number of thioether (sulfide) groups is 1.